The van der Waals surface area contributed by atoms with E-state index in [0.717, 1.165) is 38.0 Å². The maximum absolute atomic E-state index is 11.6. The summed E-state index contributed by atoms with van der Waals surface area (Å²) in [6.45, 7) is 7.12. The predicted molar refractivity (Wildman–Crippen MR) is 113 cm³/mol. The minimum absolute atomic E-state index is 0.0198. The number of hydrogen-bond acceptors (Lipinski definition) is 4. The number of ether oxygens (including phenoxy) is 1. The van der Waals surface area contributed by atoms with Gasteiger partial charge in [0.25, 0.3) is 0 Å². The normalized spacial score (nSPS) is 50.2. The Hall–Kier alpha value is -0.610. The van der Waals surface area contributed by atoms with Crippen molar-refractivity contribution in [1.29, 1.82) is 0 Å². The Morgan fingerprint density at radius 3 is 2.55 bits per heavy atom. The van der Waals surface area contributed by atoms with Crippen molar-refractivity contribution < 1.29 is 19.7 Å². The average Bonchev–Trinajstić information content (AvgIpc) is 3.06. The minimum Gasteiger partial charge on any atom is -0.469 e. The fourth-order valence-corrected chi connectivity index (χ4v) is 8.81. The Kier molecular flexibility index (Phi) is 5.83. The second-order valence-electron chi connectivity index (χ2n) is 11.5. The van der Waals surface area contributed by atoms with E-state index < -0.39 is 0 Å². The van der Waals surface area contributed by atoms with Gasteiger partial charge in [-0.2, -0.15) is 0 Å². The van der Waals surface area contributed by atoms with Crippen LogP contribution in [0.15, 0.2) is 0 Å². The third-order valence-corrected chi connectivity index (χ3v) is 10.5. The van der Waals surface area contributed by atoms with Gasteiger partial charge < -0.3 is 14.9 Å². The van der Waals surface area contributed by atoms with E-state index in [9.17, 15) is 15.0 Å². The van der Waals surface area contributed by atoms with Crippen LogP contribution in [-0.2, 0) is 9.53 Å². The topological polar surface area (TPSA) is 66.8 Å². The lowest BCUT2D eigenvalue weighted by atomic mass is 9.43. The molecule has 4 heteroatoms. The maximum Gasteiger partial charge on any atom is 0.305 e. The van der Waals surface area contributed by atoms with Crippen LogP contribution < -0.4 is 0 Å². The van der Waals surface area contributed by atoms with E-state index in [1.807, 2.05) is 0 Å². The van der Waals surface area contributed by atoms with E-state index in [1.165, 1.54) is 32.8 Å². The zero-order valence-corrected chi connectivity index (χ0v) is 18.9. The molecule has 4 unspecified atom stereocenters. The molecule has 0 aromatic heterocycles. The van der Waals surface area contributed by atoms with Gasteiger partial charge in [-0.15, -0.1) is 0 Å². The monoisotopic (exact) mass is 406 g/mol. The third-order valence-electron chi connectivity index (χ3n) is 10.5. The molecule has 4 aliphatic rings. The highest BCUT2D eigenvalue weighted by Gasteiger charge is 2.63. The van der Waals surface area contributed by atoms with Crippen molar-refractivity contribution >= 4 is 5.97 Å². The Bertz CT molecular complexity index is 620. The highest BCUT2D eigenvalue weighted by atomic mass is 16.5. The van der Waals surface area contributed by atoms with Crippen molar-refractivity contribution in [1.82, 2.24) is 0 Å². The van der Waals surface area contributed by atoms with Gasteiger partial charge in [-0.25, -0.2) is 0 Å². The molecule has 0 saturated heterocycles. The number of esters is 1. The number of carbonyl (C=O) groups is 1. The van der Waals surface area contributed by atoms with Gasteiger partial charge in [-0.05, 0) is 104 Å². The van der Waals surface area contributed by atoms with E-state index >= 15 is 0 Å². The van der Waals surface area contributed by atoms with E-state index in [2.05, 4.69) is 20.8 Å². The zero-order valence-electron chi connectivity index (χ0n) is 18.9. The Morgan fingerprint density at radius 2 is 1.83 bits per heavy atom. The second-order valence-corrected chi connectivity index (χ2v) is 11.5. The number of rotatable bonds is 4. The third kappa shape index (κ3) is 3.37. The molecule has 4 fully saturated rings. The van der Waals surface area contributed by atoms with Crippen molar-refractivity contribution in [2.24, 2.45) is 46.3 Å². The molecule has 4 nitrogen and oxygen atoms in total. The van der Waals surface area contributed by atoms with Gasteiger partial charge in [0.15, 0.2) is 0 Å². The molecule has 0 radical (unpaired) electrons. The van der Waals surface area contributed by atoms with E-state index in [1.54, 1.807) is 0 Å². The Labute approximate surface area is 176 Å². The molecule has 0 spiro atoms. The minimum atomic E-state index is -0.246. The van der Waals surface area contributed by atoms with Gasteiger partial charge in [0, 0.05) is 6.42 Å². The first-order chi connectivity index (χ1) is 13.7. The molecule has 4 rings (SSSR count). The molecule has 2 N–H and O–H groups in total. The Balaban J connectivity index is 1.53. The van der Waals surface area contributed by atoms with Crippen molar-refractivity contribution in [3.63, 3.8) is 0 Å². The molecule has 0 amide bonds. The number of methoxy groups -OCH3 is 1. The summed E-state index contributed by atoms with van der Waals surface area (Å²) in [6.07, 6.45) is 9.86. The van der Waals surface area contributed by atoms with Crippen LogP contribution in [0.2, 0.25) is 0 Å². The van der Waals surface area contributed by atoms with Crippen molar-refractivity contribution in [2.45, 2.75) is 97.2 Å². The van der Waals surface area contributed by atoms with Gasteiger partial charge in [0.2, 0.25) is 0 Å². The lowest BCUT2D eigenvalue weighted by Crippen LogP contribution is -2.58. The van der Waals surface area contributed by atoms with Crippen LogP contribution >= 0.6 is 0 Å². The number of fused-ring (bicyclic) bond motifs is 5. The first-order valence-corrected chi connectivity index (χ1v) is 12.1. The summed E-state index contributed by atoms with van der Waals surface area (Å²) < 4.78 is 4.85. The highest BCUT2D eigenvalue weighted by Crippen LogP contribution is 2.68. The molecular weight excluding hydrogens is 364 g/mol. The van der Waals surface area contributed by atoms with Gasteiger partial charge in [-0.1, -0.05) is 20.8 Å². The first kappa shape index (κ1) is 21.6. The van der Waals surface area contributed by atoms with Crippen LogP contribution in [0.1, 0.15) is 85.0 Å². The van der Waals surface area contributed by atoms with Crippen LogP contribution in [-0.4, -0.2) is 35.5 Å². The van der Waals surface area contributed by atoms with E-state index in [0.29, 0.717) is 41.4 Å². The van der Waals surface area contributed by atoms with Gasteiger partial charge in [0.05, 0.1) is 19.3 Å². The van der Waals surface area contributed by atoms with Crippen molar-refractivity contribution in [3.05, 3.63) is 0 Å². The van der Waals surface area contributed by atoms with Crippen LogP contribution in [0, 0.1) is 46.3 Å². The summed E-state index contributed by atoms with van der Waals surface area (Å²) in [5.41, 5.74) is 0.271. The summed E-state index contributed by atoms with van der Waals surface area (Å²) in [4.78, 5) is 11.6. The smallest absolute Gasteiger partial charge is 0.305 e. The van der Waals surface area contributed by atoms with Crippen LogP contribution in [0.3, 0.4) is 0 Å². The quantitative estimate of drug-likeness (QED) is 0.671. The first-order valence-electron chi connectivity index (χ1n) is 12.1. The summed E-state index contributed by atoms with van der Waals surface area (Å²) in [6, 6.07) is 0. The van der Waals surface area contributed by atoms with Crippen molar-refractivity contribution in [3.8, 4) is 0 Å². The number of hydrogen-bond donors (Lipinski definition) is 2. The summed E-state index contributed by atoms with van der Waals surface area (Å²) in [5.74, 6) is 3.36. The second kappa shape index (κ2) is 7.82. The number of aliphatic hydroxyl groups is 2. The average molecular weight is 407 g/mol. The molecule has 29 heavy (non-hydrogen) atoms. The molecule has 10 atom stereocenters. The van der Waals surface area contributed by atoms with Crippen LogP contribution in [0.4, 0.5) is 0 Å². The molecule has 166 valence electrons. The molecule has 0 bridgehead atoms. The van der Waals surface area contributed by atoms with Gasteiger partial charge >= 0.3 is 5.97 Å². The standard InChI is InChI=1S/C25H42O4/c1-15(5-10-23(28)29-4)19-8-9-20-18-7-6-16-13-17(26)11-12-24(16,2)21(18)14-22(27)25(19,20)3/h15-22,26-27H,5-14H2,1-4H3/t15-,16?,17-,18?,19-,20?,21?,22+,24+,25-/m1/s1. The molecule has 0 aromatic carbocycles. The van der Waals surface area contributed by atoms with Crippen LogP contribution in [0.25, 0.3) is 0 Å². The SMILES string of the molecule is COC(=O)CC[C@@H](C)[C@H]1CCC2C3CCC4C[C@H](O)CC[C@]4(C)C3C[C@H](O)[C@@]21C. The number of aliphatic hydroxyl groups excluding tert-OH is 2. The molecule has 0 heterocycles. The summed E-state index contributed by atoms with van der Waals surface area (Å²) in [7, 11) is 1.46. The Morgan fingerprint density at radius 1 is 1.07 bits per heavy atom. The largest absolute Gasteiger partial charge is 0.469 e. The van der Waals surface area contributed by atoms with Crippen LogP contribution in [0.5, 0.6) is 0 Å². The molecule has 0 aromatic rings. The van der Waals surface area contributed by atoms with Gasteiger partial charge in [-0.3, -0.25) is 4.79 Å². The lowest BCUT2D eigenvalue weighted by molar-refractivity contribution is -0.175. The van der Waals surface area contributed by atoms with Gasteiger partial charge in [0.1, 0.15) is 0 Å². The van der Waals surface area contributed by atoms with Crippen molar-refractivity contribution in [2.75, 3.05) is 7.11 Å². The maximum atomic E-state index is 11.6. The van der Waals surface area contributed by atoms with E-state index in [4.69, 9.17) is 4.74 Å². The molecule has 4 saturated carbocycles. The lowest BCUT2D eigenvalue weighted by Gasteiger charge is -2.62. The highest BCUT2D eigenvalue weighted by molar-refractivity contribution is 5.69. The molecular formula is C25H42O4. The number of carbonyl (C=O) groups excluding carboxylic acids is 1. The summed E-state index contributed by atoms with van der Waals surface area (Å²) in [5, 5.41) is 21.8. The van der Waals surface area contributed by atoms with E-state index in [-0.39, 0.29) is 23.6 Å². The fraction of sp³-hybridized carbons (Fsp3) is 0.960. The fourth-order valence-electron chi connectivity index (χ4n) is 8.81. The molecule has 0 aliphatic heterocycles. The molecule has 4 aliphatic carbocycles. The summed E-state index contributed by atoms with van der Waals surface area (Å²) >= 11 is 0. The zero-order chi connectivity index (χ0) is 21.0. The predicted octanol–water partition coefficient (Wildman–Crippen LogP) is 4.57.